The van der Waals surface area contributed by atoms with E-state index < -0.39 is 4.92 Å². The van der Waals surface area contributed by atoms with Crippen LogP contribution in [0.3, 0.4) is 0 Å². The number of hydrogen-bond donors (Lipinski definition) is 2. The summed E-state index contributed by atoms with van der Waals surface area (Å²) in [5, 5.41) is 19.3. The average Bonchev–Trinajstić information content (AvgIpc) is 3.46. The number of benzene rings is 3. The number of carbonyl (C=O) groups is 1. The maximum Gasteiger partial charge on any atom is 0.293 e. The highest BCUT2D eigenvalue weighted by molar-refractivity contribution is 6.09. The van der Waals surface area contributed by atoms with E-state index >= 15 is 0 Å². The van der Waals surface area contributed by atoms with Crippen LogP contribution in [0.25, 0.3) is 10.8 Å². The summed E-state index contributed by atoms with van der Waals surface area (Å²) >= 11 is 0. The number of nitrogens with zero attached hydrogens (tertiary/aromatic N) is 1. The van der Waals surface area contributed by atoms with E-state index in [4.69, 9.17) is 0 Å². The van der Waals surface area contributed by atoms with Crippen LogP contribution in [0, 0.1) is 10.1 Å². The fourth-order valence-corrected chi connectivity index (χ4v) is 2.92. The third kappa shape index (κ3) is 3.21. The summed E-state index contributed by atoms with van der Waals surface area (Å²) in [4.78, 5) is 23.5. The van der Waals surface area contributed by atoms with Crippen LogP contribution in [-0.2, 0) is 0 Å². The molecule has 0 heterocycles. The van der Waals surface area contributed by atoms with Gasteiger partial charge in [0.1, 0.15) is 5.69 Å². The fraction of sp³-hybridized carbons (Fsp3) is 0.150. The lowest BCUT2D eigenvalue weighted by Gasteiger charge is -2.10. The fourth-order valence-electron chi connectivity index (χ4n) is 2.92. The molecule has 1 fully saturated rings. The molecule has 1 amide bonds. The maximum absolute atomic E-state index is 12.6. The Bertz CT molecular complexity index is 1010. The molecule has 0 bridgehead atoms. The molecule has 3 aromatic rings. The third-order valence-electron chi connectivity index (χ3n) is 4.43. The van der Waals surface area contributed by atoms with Gasteiger partial charge in [-0.2, -0.15) is 0 Å². The average molecular weight is 347 g/mol. The molecule has 0 spiro atoms. The summed E-state index contributed by atoms with van der Waals surface area (Å²) < 4.78 is 0. The van der Waals surface area contributed by atoms with Gasteiger partial charge in [-0.05, 0) is 36.4 Å². The third-order valence-corrected chi connectivity index (χ3v) is 4.43. The molecule has 0 aromatic heterocycles. The first-order valence-electron chi connectivity index (χ1n) is 8.46. The van der Waals surface area contributed by atoms with Crippen LogP contribution in [0.5, 0.6) is 0 Å². The van der Waals surface area contributed by atoms with Crippen LogP contribution in [-0.4, -0.2) is 16.9 Å². The lowest BCUT2D eigenvalue weighted by atomic mass is 10.1. The predicted octanol–water partition coefficient (Wildman–Crippen LogP) is 4.57. The number of hydrogen-bond acceptors (Lipinski definition) is 4. The van der Waals surface area contributed by atoms with Gasteiger partial charge in [0.15, 0.2) is 0 Å². The molecular formula is C20H17N3O3. The van der Waals surface area contributed by atoms with Crippen molar-refractivity contribution in [2.24, 2.45) is 0 Å². The number of nitro benzene ring substituents is 1. The highest BCUT2D eigenvalue weighted by atomic mass is 16.6. The number of rotatable bonds is 5. The van der Waals surface area contributed by atoms with Crippen LogP contribution < -0.4 is 10.6 Å². The van der Waals surface area contributed by atoms with Gasteiger partial charge in [0, 0.05) is 28.7 Å². The molecule has 1 aliphatic rings. The van der Waals surface area contributed by atoms with Gasteiger partial charge in [-0.25, -0.2) is 0 Å². The Labute approximate surface area is 150 Å². The molecule has 0 saturated heterocycles. The van der Waals surface area contributed by atoms with Gasteiger partial charge in [0.2, 0.25) is 0 Å². The van der Waals surface area contributed by atoms with E-state index in [2.05, 4.69) is 10.6 Å². The molecule has 1 aliphatic carbocycles. The van der Waals surface area contributed by atoms with Gasteiger partial charge < -0.3 is 10.6 Å². The first kappa shape index (κ1) is 16.1. The molecule has 2 N–H and O–H groups in total. The van der Waals surface area contributed by atoms with Gasteiger partial charge in [0.25, 0.3) is 11.6 Å². The lowest BCUT2D eigenvalue weighted by Crippen LogP contribution is -2.13. The molecule has 1 saturated carbocycles. The Hall–Kier alpha value is -3.41. The molecule has 6 heteroatoms. The van der Waals surface area contributed by atoms with Crippen LogP contribution in [0.2, 0.25) is 0 Å². The van der Waals surface area contributed by atoms with E-state index in [1.807, 2.05) is 42.5 Å². The van der Waals surface area contributed by atoms with Crippen molar-refractivity contribution >= 4 is 33.7 Å². The summed E-state index contributed by atoms with van der Waals surface area (Å²) in [7, 11) is 0. The van der Waals surface area contributed by atoms with Crippen LogP contribution in [0.4, 0.5) is 17.1 Å². The highest BCUT2D eigenvalue weighted by Gasteiger charge is 2.25. The SMILES string of the molecule is O=C(Nc1cccc2ccccc12)c1ccc(NC2CC2)c([N+](=O)[O-])c1. The second-order valence-corrected chi connectivity index (χ2v) is 6.39. The molecular weight excluding hydrogens is 330 g/mol. The Morgan fingerprint density at radius 2 is 1.77 bits per heavy atom. The van der Waals surface area contributed by atoms with E-state index in [0.29, 0.717) is 17.4 Å². The zero-order valence-corrected chi connectivity index (χ0v) is 13.9. The summed E-state index contributed by atoms with van der Waals surface area (Å²) in [5.74, 6) is -0.373. The Kier molecular flexibility index (Phi) is 4.01. The second kappa shape index (κ2) is 6.48. The minimum Gasteiger partial charge on any atom is -0.377 e. The molecule has 0 unspecified atom stereocenters. The Morgan fingerprint density at radius 1 is 1.00 bits per heavy atom. The van der Waals surface area contributed by atoms with Gasteiger partial charge in [-0.15, -0.1) is 0 Å². The van der Waals surface area contributed by atoms with Crippen molar-refractivity contribution in [2.45, 2.75) is 18.9 Å². The molecule has 130 valence electrons. The standard InChI is InChI=1S/C20H17N3O3/c24-20(22-17-7-3-5-13-4-1-2-6-16(13)17)14-8-11-18(21-15-9-10-15)19(12-14)23(25)26/h1-8,11-12,15,21H,9-10H2,(H,22,24). The topological polar surface area (TPSA) is 84.3 Å². The quantitative estimate of drug-likeness (QED) is 0.523. The van der Waals surface area contributed by atoms with Crippen molar-refractivity contribution in [2.75, 3.05) is 10.6 Å². The van der Waals surface area contributed by atoms with Crippen molar-refractivity contribution in [1.82, 2.24) is 0 Å². The van der Waals surface area contributed by atoms with Gasteiger partial charge in [-0.3, -0.25) is 14.9 Å². The first-order chi connectivity index (χ1) is 12.6. The molecule has 26 heavy (non-hydrogen) atoms. The molecule has 0 atom stereocenters. The minimum atomic E-state index is -0.459. The molecule has 0 radical (unpaired) electrons. The zero-order chi connectivity index (χ0) is 18.1. The second-order valence-electron chi connectivity index (χ2n) is 6.39. The zero-order valence-electron chi connectivity index (χ0n) is 13.9. The smallest absolute Gasteiger partial charge is 0.293 e. The summed E-state index contributed by atoms with van der Waals surface area (Å²) in [6.45, 7) is 0. The first-order valence-corrected chi connectivity index (χ1v) is 8.46. The number of anilines is 2. The Morgan fingerprint density at radius 3 is 2.54 bits per heavy atom. The number of amides is 1. The predicted molar refractivity (Wildman–Crippen MR) is 102 cm³/mol. The van der Waals surface area contributed by atoms with E-state index in [0.717, 1.165) is 23.6 Å². The highest BCUT2D eigenvalue weighted by Crippen LogP contribution is 2.32. The molecule has 3 aromatic carbocycles. The maximum atomic E-state index is 12.6. The van der Waals surface area contributed by atoms with E-state index in [1.54, 1.807) is 12.1 Å². The van der Waals surface area contributed by atoms with Crippen molar-refractivity contribution in [1.29, 1.82) is 0 Å². The molecule has 6 nitrogen and oxygen atoms in total. The number of carbonyl (C=O) groups excluding carboxylic acids is 1. The number of fused-ring (bicyclic) bond motifs is 1. The van der Waals surface area contributed by atoms with Crippen LogP contribution in [0.1, 0.15) is 23.2 Å². The van der Waals surface area contributed by atoms with E-state index in [-0.39, 0.29) is 17.2 Å². The van der Waals surface area contributed by atoms with Gasteiger partial charge in [-0.1, -0.05) is 36.4 Å². The van der Waals surface area contributed by atoms with Crippen LogP contribution >= 0.6 is 0 Å². The monoisotopic (exact) mass is 347 g/mol. The largest absolute Gasteiger partial charge is 0.377 e. The van der Waals surface area contributed by atoms with Crippen molar-refractivity contribution in [3.63, 3.8) is 0 Å². The number of nitrogens with one attached hydrogen (secondary N) is 2. The Balaban J connectivity index is 1.63. The van der Waals surface area contributed by atoms with E-state index in [9.17, 15) is 14.9 Å². The van der Waals surface area contributed by atoms with Gasteiger partial charge >= 0.3 is 0 Å². The summed E-state index contributed by atoms with van der Waals surface area (Å²) in [6.07, 6.45) is 2.03. The van der Waals surface area contributed by atoms with Crippen molar-refractivity contribution in [3.8, 4) is 0 Å². The van der Waals surface area contributed by atoms with Crippen molar-refractivity contribution < 1.29 is 9.72 Å². The molecule has 4 rings (SSSR count). The van der Waals surface area contributed by atoms with Crippen molar-refractivity contribution in [3.05, 3.63) is 76.3 Å². The number of nitro groups is 1. The summed E-state index contributed by atoms with van der Waals surface area (Å²) in [6, 6.07) is 18.2. The lowest BCUT2D eigenvalue weighted by molar-refractivity contribution is -0.384. The minimum absolute atomic E-state index is 0.0810. The van der Waals surface area contributed by atoms with Crippen LogP contribution in [0.15, 0.2) is 60.7 Å². The van der Waals surface area contributed by atoms with E-state index in [1.165, 1.54) is 6.07 Å². The molecule has 0 aliphatic heterocycles. The van der Waals surface area contributed by atoms with Gasteiger partial charge in [0.05, 0.1) is 4.92 Å². The summed E-state index contributed by atoms with van der Waals surface area (Å²) in [5.41, 5.74) is 1.31. The normalized spacial score (nSPS) is 13.4.